The zero-order chi connectivity index (χ0) is 12.4. The highest BCUT2D eigenvalue weighted by Crippen LogP contribution is 2.20. The van der Waals surface area contributed by atoms with Gasteiger partial charge in [0.05, 0.1) is 0 Å². The fraction of sp³-hybridized carbons (Fsp3) is 0. The third-order valence-electron chi connectivity index (χ3n) is 2.97. The molecule has 18 heavy (non-hydrogen) atoms. The Morgan fingerprint density at radius 3 is 2.44 bits per heavy atom. The Morgan fingerprint density at radius 2 is 1.56 bits per heavy atom. The number of rotatable bonds is 2. The summed E-state index contributed by atoms with van der Waals surface area (Å²) in [5.41, 5.74) is 2.75. The van der Waals surface area contributed by atoms with Crippen molar-refractivity contribution in [1.29, 1.82) is 0 Å². The molecule has 1 N–H and O–H groups in total. The molecule has 1 nitrogen and oxygen atoms in total. The van der Waals surface area contributed by atoms with E-state index in [0.717, 1.165) is 16.5 Å². The van der Waals surface area contributed by atoms with Crippen molar-refractivity contribution in [3.63, 3.8) is 0 Å². The molecule has 0 amide bonds. The molecule has 0 fully saturated rings. The molecule has 3 aromatic rings. The predicted molar refractivity (Wildman–Crippen MR) is 73.6 cm³/mol. The monoisotopic (exact) mass is 237 g/mol. The van der Waals surface area contributed by atoms with Crippen molar-refractivity contribution in [1.82, 2.24) is 4.98 Å². The van der Waals surface area contributed by atoms with Crippen LogP contribution in [0, 0.1) is 5.82 Å². The van der Waals surface area contributed by atoms with Crippen molar-refractivity contribution in [2.24, 2.45) is 0 Å². The molecule has 0 aliphatic heterocycles. The summed E-state index contributed by atoms with van der Waals surface area (Å²) >= 11 is 0. The van der Waals surface area contributed by atoms with Crippen LogP contribution in [0.25, 0.3) is 23.1 Å². The number of halogens is 1. The molecular formula is C16H12FN. The molecule has 88 valence electrons. The molecular weight excluding hydrogens is 225 g/mol. The van der Waals surface area contributed by atoms with Crippen LogP contribution in [-0.4, -0.2) is 4.98 Å². The maximum absolute atomic E-state index is 13.5. The van der Waals surface area contributed by atoms with E-state index in [0.29, 0.717) is 5.56 Å². The van der Waals surface area contributed by atoms with E-state index in [9.17, 15) is 4.39 Å². The van der Waals surface area contributed by atoms with E-state index in [2.05, 4.69) is 4.98 Å². The van der Waals surface area contributed by atoms with E-state index in [1.807, 2.05) is 42.6 Å². The average molecular weight is 237 g/mol. The van der Waals surface area contributed by atoms with Crippen LogP contribution in [0.15, 0.2) is 54.7 Å². The van der Waals surface area contributed by atoms with Gasteiger partial charge in [0, 0.05) is 22.7 Å². The second-order valence-electron chi connectivity index (χ2n) is 4.14. The minimum atomic E-state index is -0.200. The number of aromatic nitrogens is 1. The number of aromatic amines is 1. The highest BCUT2D eigenvalue weighted by atomic mass is 19.1. The van der Waals surface area contributed by atoms with Gasteiger partial charge in [0.1, 0.15) is 5.82 Å². The lowest BCUT2D eigenvalue weighted by Gasteiger charge is -1.95. The molecule has 0 saturated heterocycles. The number of fused-ring (bicyclic) bond motifs is 1. The van der Waals surface area contributed by atoms with Crippen LogP contribution in [0.4, 0.5) is 4.39 Å². The summed E-state index contributed by atoms with van der Waals surface area (Å²) < 4.78 is 13.5. The Hall–Kier alpha value is -2.35. The molecule has 1 aromatic heterocycles. The smallest absolute Gasteiger partial charge is 0.130 e. The van der Waals surface area contributed by atoms with Crippen LogP contribution in [0.1, 0.15) is 11.1 Å². The van der Waals surface area contributed by atoms with Crippen LogP contribution in [0.3, 0.4) is 0 Å². The number of hydrogen-bond acceptors (Lipinski definition) is 0. The SMILES string of the molecule is Fc1ccccc1/C=C/c1c[nH]c2ccccc12. The molecule has 2 heteroatoms. The highest BCUT2D eigenvalue weighted by molar-refractivity contribution is 5.91. The van der Waals surface area contributed by atoms with Crippen molar-refractivity contribution in [2.75, 3.05) is 0 Å². The van der Waals surface area contributed by atoms with E-state index in [4.69, 9.17) is 0 Å². The number of hydrogen-bond donors (Lipinski definition) is 1. The van der Waals surface area contributed by atoms with Gasteiger partial charge in [-0.1, -0.05) is 48.6 Å². The molecule has 0 bridgehead atoms. The summed E-state index contributed by atoms with van der Waals surface area (Å²) in [5.74, 6) is -0.200. The zero-order valence-electron chi connectivity index (χ0n) is 9.73. The van der Waals surface area contributed by atoms with E-state index in [1.54, 1.807) is 18.2 Å². The quantitative estimate of drug-likeness (QED) is 0.676. The second kappa shape index (κ2) is 4.49. The minimum Gasteiger partial charge on any atom is -0.361 e. The molecule has 0 radical (unpaired) electrons. The third kappa shape index (κ3) is 1.93. The normalized spacial score (nSPS) is 11.4. The van der Waals surface area contributed by atoms with Gasteiger partial charge in [-0.15, -0.1) is 0 Å². The Labute approximate surface area is 105 Å². The zero-order valence-corrected chi connectivity index (χ0v) is 9.73. The first-order chi connectivity index (χ1) is 8.84. The summed E-state index contributed by atoms with van der Waals surface area (Å²) in [7, 11) is 0. The molecule has 0 unspecified atom stereocenters. The molecule has 2 aromatic carbocycles. The molecule has 0 aliphatic rings. The first-order valence-corrected chi connectivity index (χ1v) is 5.83. The van der Waals surface area contributed by atoms with Crippen molar-refractivity contribution in [2.45, 2.75) is 0 Å². The van der Waals surface area contributed by atoms with E-state index >= 15 is 0 Å². The first-order valence-electron chi connectivity index (χ1n) is 5.83. The third-order valence-corrected chi connectivity index (χ3v) is 2.97. The highest BCUT2D eigenvalue weighted by Gasteiger charge is 2.00. The maximum Gasteiger partial charge on any atom is 0.130 e. The van der Waals surface area contributed by atoms with Gasteiger partial charge in [0.15, 0.2) is 0 Å². The molecule has 1 heterocycles. The largest absolute Gasteiger partial charge is 0.361 e. The summed E-state index contributed by atoms with van der Waals surface area (Å²) in [6, 6.07) is 14.8. The number of nitrogens with one attached hydrogen (secondary N) is 1. The lowest BCUT2D eigenvalue weighted by Crippen LogP contribution is -1.78. The van der Waals surface area contributed by atoms with Crippen molar-refractivity contribution >= 4 is 23.1 Å². The predicted octanol–water partition coefficient (Wildman–Crippen LogP) is 4.48. The fourth-order valence-corrected chi connectivity index (χ4v) is 2.02. The maximum atomic E-state index is 13.5. The second-order valence-corrected chi connectivity index (χ2v) is 4.14. The topological polar surface area (TPSA) is 15.8 Å². The lowest BCUT2D eigenvalue weighted by atomic mass is 10.1. The van der Waals surface area contributed by atoms with Crippen LogP contribution in [0.2, 0.25) is 0 Å². The Balaban J connectivity index is 2.00. The average Bonchev–Trinajstić information content (AvgIpc) is 2.81. The van der Waals surface area contributed by atoms with E-state index < -0.39 is 0 Å². The Bertz CT molecular complexity index is 710. The summed E-state index contributed by atoms with van der Waals surface area (Å²) in [6.07, 6.45) is 5.66. The van der Waals surface area contributed by atoms with Gasteiger partial charge in [-0.2, -0.15) is 0 Å². The molecule has 0 spiro atoms. The Kier molecular flexibility index (Phi) is 2.69. The van der Waals surface area contributed by atoms with Gasteiger partial charge in [-0.3, -0.25) is 0 Å². The van der Waals surface area contributed by atoms with Crippen LogP contribution < -0.4 is 0 Å². The standard InChI is InChI=1S/C16H12FN/c17-15-7-3-1-5-12(15)9-10-13-11-18-16-8-4-2-6-14(13)16/h1-11,18H/b10-9+. The van der Waals surface area contributed by atoms with Crippen LogP contribution >= 0.6 is 0 Å². The fourth-order valence-electron chi connectivity index (χ4n) is 2.02. The molecule has 0 atom stereocenters. The van der Waals surface area contributed by atoms with E-state index in [-0.39, 0.29) is 5.82 Å². The summed E-state index contributed by atoms with van der Waals surface area (Å²) in [4.78, 5) is 3.19. The van der Waals surface area contributed by atoms with Gasteiger partial charge in [-0.05, 0) is 17.7 Å². The van der Waals surface area contributed by atoms with Crippen molar-refractivity contribution < 1.29 is 4.39 Å². The van der Waals surface area contributed by atoms with Gasteiger partial charge < -0.3 is 4.98 Å². The summed E-state index contributed by atoms with van der Waals surface area (Å²) in [6.45, 7) is 0. The molecule has 3 rings (SSSR count). The number of benzene rings is 2. The minimum absolute atomic E-state index is 0.200. The van der Waals surface area contributed by atoms with Crippen LogP contribution in [0.5, 0.6) is 0 Å². The Morgan fingerprint density at radius 1 is 0.833 bits per heavy atom. The summed E-state index contributed by atoms with van der Waals surface area (Å²) in [5, 5.41) is 1.14. The first kappa shape index (κ1) is 10.8. The van der Waals surface area contributed by atoms with E-state index in [1.165, 1.54) is 6.07 Å². The molecule has 0 aliphatic carbocycles. The van der Waals surface area contributed by atoms with Gasteiger partial charge in [-0.25, -0.2) is 4.39 Å². The van der Waals surface area contributed by atoms with Gasteiger partial charge >= 0.3 is 0 Å². The lowest BCUT2D eigenvalue weighted by molar-refractivity contribution is 0.625. The number of H-pyrrole nitrogens is 1. The molecule has 0 saturated carbocycles. The van der Waals surface area contributed by atoms with Crippen molar-refractivity contribution in [3.05, 3.63) is 71.7 Å². The van der Waals surface area contributed by atoms with Gasteiger partial charge in [0.2, 0.25) is 0 Å². The van der Waals surface area contributed by atoms with Gasteiger partial charge in [0.25, 0.3) is 0 Å². The van der Waals surface area contributed by atoms with Crippen LogP contribution in [-0.2, 0) is 0 Å². The van der Waals surface area contributed by atoms with Crippen molar-refractivity contribution in [3.8, 4) is 0 Å². The number of para-hydroxylation sites is 1.